The second-order valence-electron chi connectivity index (χ2n) is 6.69. The van der Waals surface area contributed by atoms with Crippen LogP contribution < -0.4 is 15.5 Å². The summed E-state index contributed by atoms with van der Waals surface area (Å²) in [5, 5.41) is 6.37. The highest BCUT2D eigenvalue weighted by molar-refractivity contribution is 14.0. The van der Waals surface area contributed by atoms with Crippen LogP contribution in [0.3, 0.4) is 0 Å². The lowest BCUT2D eigenvalue weighted by Gasteiger charge is -2.18. The van der Waals surface area contributed by atoms with Gasteiger partial charge in [-0.1, -0.05) is 19.1 Å². The Morgan fingerprint density at radius 1 is 1.32 bits per heavy atom. The molecule has 0 aliphatic carbocycles. The molecule has 1 atom stereocenters. The number of rotatable bonds is 7. The Bertz CT molecular complexity index is 679. The number of hydrogen-bond acceptors (Lipinski definition) is 4. The van der Waals surface area contributed by atoms with E-state index in [9.17, 15) is 9.59 Å². The lowest BCUT2D eigenvalue weighted by Crippen LogP contribution is -2.45. The first kappa shape index (κ1) is 24.0. The number of aliphatic imine (C=N–C) groups is 1. The smallest absolute Gasteiger partial charge is 0.414 e. The van der Waals surface area contributed by atoms with Crippen molar-refractivity contribution < 1.29 is 14.3 Å². The number of amides is 2. The van der Waals surface area contributed by atoms with E-state index in [1.54, 1.807) is 19.0 Å². The van der Waals surface area contributed by atoms with Gasteiger partial charge in [-0.3, -0.25) is 9.69 Å². The number of ether oxygens (including phenoxy) is 1. The number of hydrogen-bond donors (Lipinski definition) is 2. The molecule has 1 unspecified atom stereocenters. The third-order valence-corrected chi connectivity index (χ3v) is 4.33. The van der Waals surface area contributed by atoms with Crippen molar-refractivity contribution in [1.29, 1.82) is 0 Å². The SMILES string of the molecule is CCC(C)NC(=NCc1ccc(N2CCOC2=O)cc1)NCC(=O)N(C)C.I. The molecule has 156 valence electrons. The number of carbonyl (C=O) groups is 2. The van der Waals surface area contributed by atoms with Gasteiger partial charge in [0.15, 0.2) is 5.96 Å². The Morgan fingerprint density at radius 3 is 2.54 bits per heavy atom. The van der Waals surface area contributed by atoms with E-state index in [2.05, 4.69) is 29.5 Å². The summed E-state index contributed by atoms with van der Waals surface area (Å²) < 4.78 is 4.96. The molecule has 1 saturated heterocycles. The summed E-state index contributed by atoms with van der Waals surface area (Å²) in [6, 6.07) is 7.91. The maximum Gasteiger partial charge on any atom is 0.414 e. The van der Waals surface area contributed by atoms with Crippen molar-refractivity contribution in [2.45, 2.75) is 32.9 Å². The molecule has 28 heavy (non-hydrogen) atoms. The topological polar surface area (TPSA) is 86.3 Å². The molecule has 0 radical (unpaired) electrons. The van der Waals surface area contributed by atoms with Crippen molar-refractivity contribution in [1.82, 2.24) is 15.5 Å². The van der Waals surface area contributed by atoms with Crippen LogP contribution in [0.5, 0.6) is 0 Å². The van der Waals surface area contributed by atoms with Gasteiger partial charge in [-0.2, -0.15) is 0 Å². The number of anilines is 1. The zero-order chi connectivity index (χ0) is 19.8. The van der Waals surface area contributed by atoms with E-state index in [-0.39, 0.29) is 48.6 Å². The molecule has 9 heteroatoms. The van der Waals surface area contributed by atoms with Crippen LogP contribution in [0.1, 0.15) is 25.8 Å². The van der Waals surface area contributed by atoms with Gasteiger partial charge in [0.25, 0.3) is 0 Å². The molecule has 0 aromatic heterocycles. The van der Waals surface area contributed by atoms with Crippen molar-refractivity contribution in [2.24, 2.45) is 4.99 Å². The molecule has 1 heterocycles. The maximum absolute atomic E-state index is 11.8. The van der Waals surface area contributed by atoms with Gasteiger partial charge < -0.3 is 20.3 Å². The third-order valence-electron chi connectivity index (χ3n) is 4.33. The molecule has 2 amide bonds. The number of nitrogens with zero attached hydrogens (tertiary/aromatic N) is 3. The number of guanidine groups is 1. The van der Waals surface area contributed by atoms with Crippen molar-refractivity contribution in [3.63, 3.8) is 0 Å². The van der Waals surface area contributed by atoms with Crippen LogP contribution in [0.2, 0.25) is 0 Å². The fraction of sp³-hybridized carbons (Fsp3) is 0.526. The average molecular weight is 503 g/mol. The summed E-state index contributed by atoms with van der Waals surface area (Å²) in [6.07, 6.45) is 0.638. The van der Waals surface area contributed by atoms with Crippen molar-refractivity contribution in [2.75, 3.05) is 38.7 Å². The Hall–Kier alpha value is -2.04. The van der Waals surface area contributed by atoms with Gasteiger partial charge in [0.2, 0.25) is 5.91 Å². The summed E-state index contributed by atoms with van der Waals surface area (Å²) in [5.41, 5.74) is 1.83. The van der Waals surface area contributed by atoms with Gasteiger partial charge in [0.1, 0.15) is 6.61 Å². The first-order chi connectivity index (χ1) is 12.9. The summed E-state index contributed by atoms with van der Waals surface area (Å²) in [5.74, 6) is 0.585. The second-order valence-corrected chi connectivity index (χ2v) is 6.69. The first-order valence-electron chi connectivity index (χ1n) is 9.19. The summed E-state index contributed by atoms with van der Waals surface area (Å²) >= 11 is 0. The summed E-state index contributed by atoms with van der Waals surface area (Å²) in [7, 11) is 3.45. The Morgan fingerprint density at radius 2 is 2.00 bits per heavy atom. The number of halogens is 1. The first-order valence-corrected chi connectivity index (χ1v) is 9.19. The fourth-order valence-corrected chi connectivity index (χ4v) is 2.39. The highest BCUT2D eigenvalue weighted by atomic mass is 127. The molecular weight excluding hydrogens is 473 g/mol. The number of carbonyl (C=O) groups excluding carboxylic acids is 2. The molecule has 2 rings (SSSR count). The van der Waals surface area contributed by atoms with E-state index in [0.29, 0.717) is 25.7 Å². The molecule has 1 aliphatic heterocycles. The largest absolute Gasteiger partial charge is 0.447 e. The molecule has 0 bridgehead atoms. The number of nitrogens with one attached hydrogen (secondary N) is 2. The Kier molecular flexibility index (Phi) is 10.0. The highest BCUT2D eigenvalue weighted by Gasteiger charge is 2.23. The van der Waals surface area contributed by atoms with E-state index in [4.69, 9.17) is 4.74 Å². The zero-order valence-corrected chi connectivity index (χ0v) is 19.2. The van der Waals surface area contributed by atoms with E-state index >= 15 is 0 Å². The van der Waals surface area contributed by atoms with Crippen molar-refractivity contribution in [3.8, 4) is 0 Å². The molecule has 0 saturated carbocycles. The number of cyclic esters (lactones) is 1. The zero-order valence-electron chi connectivity index (χ0n) is 16.9. The average Bonchev–Trinajstić information content (AvgIpc) is 3.09. The molecule has 1 fully saturated rings. The maximum atomic E-state index is 11.8. The number of benzene rings is 1. The quantitative estimate of drug-likeness (QED) is 0.339. The third kappa shape index (κ3) is 7.17. The van der Waals surface area contributed by atoms with Crippen LogP contribution in [0.4, 0.5) is 10.5 Å². The predicted octanol–water partition coefficient (Wildman–Crippen LogP) is 2.18. The lowest BCUT2D eigenvalue weighted by atomic mass is 10.2. The van der Waals surface area contributed by atoms with Crippen LogP contribution in [0, 0.1) is 0 Å². The van der Waals surface area contributed by atoms with E-state index in [1.807, 2.05) is 24.3 Å². The van der Waals surface area contributed by atoms with Crippen LogP contribution in [-0.2, 0) is 16.1 Å². The van der Waals surface area contributed by atoms with Crippen LogP contribution in [0.15, 0.2) is 29.3 Å². The van der Waals surface area contributed by atoms with Crippen LogP contribution in [-0.4, -0.2) is 62.7 Å². The minimum atomic E-state index is -0.310. The van der Waals surface area contributed by atoms with Gasteiger partial charge in [0, 0.05) is 25.8 Å². The van der Waals surface area contributed by atoms with Gasteiger partial charge in [-0.05, 0) is 31.0 Å². The van der Waals surface area contributed by atoms with E-state index < -0.39 is 0 Å². The Balaban J connectivity index is 0.00000392. The van der Waals surface area contributed by atoms with Crippen LogP contribution >= 0.6 is 24.0 Å². The predicted molar refractivity (Wildman–Crippen MR) is 121 cm³/mol. The molecule has 8 nitrogen and oxygen atoms in total. The monoisotopic (exact) mass is 503 g/mol. The molecule has 2 N–H and O–H groups in total. The van der Waals surface area contributed by atoms with Crippen molar-refractivity contribution >= 4 is 47.6 Å². The second kappa shape index (κ2) is 11.7. The molecule has 1 aromatic rings. The summed E-state index contributed by atoms with van der Waals surface area (Å²) in [6.45, 7) is 5.80. The van der Waals surface area contributed by atoms with Crippen molar-refractivity contribution in [3.05, 3.63) is 29.8 Å². The molecular formula is C19H30IN5O3. The van der Waals surface area contributed by atoms with Crippen LogP contribution in [0.25, 0.3) is 0 Å². The minimum absolute atomic E-state index is 0. The van der Waals surface area contributed by atoms with E-state index in [0.717, 1.165) is 17.7 Å². The molecule has 1 aromatic carbocycles. The lowest BCUT2D eigenvalue weighted by molar-refractivity contribution is -0.127. The Labute approximate surface area is 183 Å². The summed E-state index contributed by atoms with van der Waals surface area (Å²) in [4.78, 5) is 31.1. The molecule has 0 spiro atoms. The standard InChI is InChI=1S/C19H29N5O3.HI/c1-5-14(2)22-18(21-13-17(25)23(3)4)20-12-15-6-8-16(9-7-15)24-10-11-27-19(24)26;/h6-9,14H,5,10-13H2,1-4H3,(H2,20,21,22);1H. The fourth-order valence-electron chi connectivity index (χ4n) is 2.39. The van der Waals surface area contributed by atoms with Gasteiger partial charge in [-0.25, -0.2) is 9.79 Å². The number of likely N-dealkylation sites (N-methyl/N-ethyl adjacent to an activating group) is 1. The normalized spacial score (nSPS) is 14.8. The molecule has 1 aliphatic rings. The van der Waals surface area contributed by atoms with E-state index in [1.165, 1.54) is 4.90 Å². The van der Waals surface area contributed by atoms with Gasteiger partial charge in [-0.15, -0.1) is 24.0 Å². The highest BCUT2D eigenvalue weighted by Crippen LogP contribution is 2.19. The van der Waals surface area contributed by atoms with Gasteiger partial charge in [0.05, 0.1) is 19.6 Å². The minimum Gasteiger partial charge on any atom is -0.447 e. The van der Waals surface area contributed by atoms with Gasteiger partial charge >= 0.3 is 6.09 Å².